The van der Waals surface area contributed by atoms with Gasteiger partial charge in [-0.25, -0.2) is 0 Å². The minimum atomic E-state index is -0.0537. The second kappa shape index (κ2) is 6.61. The fraction of sp³-hybridized carbons (Fsp3) is 0.200. The van der Waals surface area contributed by atoms with Crippen molar-refractivity contribution in [3.63, 3.8) is 0 Å². The highest BCUT2D eigenvalue weighted by Crippen LogP contribution is 2.35. The summed E-state index contributed by atoms with van der Waals surface area (Å²) in [4.78, 5) is 0. The van der Waals surface area contributed by atoms with Gasteiger partial charge in [-0.05, 0) is 29.8 Å². The number of nitrogens with two attached hydrogens (primary N) is 1. The first-order valence-corrected chi connectivity index (χ1v) is 6.50. The van der Waals surface area contributed by atoms with Crippen molar-refractivity contribution in [3.05, 3.63) is 52.5 Å². The van der Waals surface area contributed by atoms with E-state index in [4.69, 9.17) is 31.9 Å². The van der Waals surface area contributed by atoms with Crippen LogP contribution < -0.4 is 15.2 Å². The van der Waals surface area contributed by atoms with Crippen LogP contribution in [-0.2, 0) is 13.2 Å². The molecule has 0 saturated carbocycles. The lowest BCUT2D eigenvalue weighted by Gasteiger charge is -2.14. The molecule has 20 heavy (non-hydrogen) atoms. The third-order valence-corrected chi connectivity index (χ3v) is 3.26. The zero-order valence-corrected chi connectivity index (χ0v) is 11.9. The fourth-order valence-electron chi connectivity index (χ4n) is 1.85. The molecule has 0 amide bonds. The number of hydrogen-bond acceptors (Lipinski definition) is 4. The average Bonchev–Trinajstić information content (AvgIpc) is 2.48. The standard InChI is InChI=1S/C15H16ClNO3/c1-19-15-7-10(9-18)5-6-14(15)20-13-4-2-3-12(16)11(13)8-17/h2-7,18H,8-9,17H2,1H3. The summed E-state index contributed by atoms with van der Waals surface area (Å²) in [6.07, 6.45) is 0. The van der Waals surface area contributed by atoms with Crippen molar-refractivity contribution in [1.29, 1.82) is 0 Å². The van der Waals surface area contributed by atoms with Crippen molar-refractivity contribution in [3.8, 4) is 17.2 Å². The number of methoxy groups -OCH3 is 1. The Morgan fingerprint density at radius 2 is 1.95 bits per heavy atom. The largest absolute Gasteiger partial charge is 0.493 e. The lowest BCUT2D eigenvalue weighted by molar-refractivity contribution is 0.280. The highest BCUT2D eigenvalue weighted by atomic mass is 35.5. The van der Waals surface area contributed by atoms with Crippen LogP contribution in [0.4, 0.5) is 0 Å². The average molecular weight is 294 g/mol. The van der Waals surface area contributed by atoms with Crippen LogP contribution >= 0.6 is 11.6 Å². The van der Waals surface area contributed by atoms with Crippen molar-refractivity contribution in [2.75, 3.05) is 7.11 Å². The molecule has 0 saturated heterocycles. The molecule has 3 N–H and O–H groups in total. The van der Waals surface area contributed by atoms with Crippen molar-refractivity contribution < 1.29 is 14.6 Å². The molecule has 0 atom stereocenters. The first-order valence-electron chi connectivity index (χ1n) is 6.12. The van der Waals surface area contributed by atoms with E-state index in [1.165, 1.54) is 0 Å². The van der Waals surface area contributed by atoms with Crippen molar-refractivity contribution in [2.45, 2.75) is 13.2 Å². The Hall–Kier alpha value is -1.75. The van der Waals surface area contributed by atoms with Crippen LogP contribution in [0.1, 0.15) is 11.1 Å². The Bertz CT molecular complexity index is 602. The number of aliphatic hydroxyl groups excluding tert-OH is 1. The molecule has 0 aliphatic carbocycles. The Balaban J connectivity index is 2.37. The van der Waals surface area contributed by atoms with Gasteiger partial charge in [0, 0.05) is 17.1 Å². The van der Waals surface area contributed by atoms with Crippen LogP contribution in [0.15, 0.2) is 36.4 Å². The monoisotopic (exact) mass is 293 g/mol. The predicted octanol–water partition coefficient (Wildman–Crippen LogP) is 3.09. The highest BCUT2D eigenvalue weighted by Gasteiger charge is 2.11. The number of benzene rings is 2. The Kier molecular flexibility index (Phi) is 4.84. The topological polar surface area (TPSA) is 64.7 Å². The molecule has 0 radical (unpaired) electrons. The van der Waals surface area contributed by atoms with Crippen molar-refractivity contribution in [2.24, 2.45) is 5.73 Å². The summed E-state index contributed by atoms with van der Waals surface area (Å²) in [6, 6.07) is 10.6. The number of rotatable bonds is 5. The van der Waals surface area contributed by atoms with E-state index in [9.17, 15) is 0 Å². The van der Waals surface area contributed by atoms with Gasteiger partial charge in [-0.1, -0.05) is 23.7 Å². The SMILES string of the molecule is COc1cc(CO)ccc1Oc1cccc(Cl)c1CN. The van der Waals surface area contributed by atoms with E-state index < -0.39 is 0 Å². The molecule has 0 aromatic heterocycles. The summed E-state index contributed by atoms with van der Waals surface area (Å²) in [5.74, 6) is 1.68. The van der Waals surface area contributed by atoms with E-state index in [1.807, 2.05) is 0 Å². The van der Waals surface area contributed by atoms with E-state index in [1.54, 1.807) is 43.5 Å². The van der Waals surface area contributed by atoms with Crippen LogP contribution in [0.5, 0.6) is 17.2 Å². The predicted molar refractivity (Wildman–Crippen MR) is 78.3 cm³/mol. The second-order valence-electron chi connectivity index (χ2n) is 4.17. The van der Waals surface area contributed by atoms with E-state index >= 15 is 0 Å². The van der Waals surface area contributed by atoms with E-state index in [0.29, 0.717) is 22.3 Å². The molecule has 4 nitrogen and oxygen atoms in total. The van der Waals surface area contributed by atoms with Crippen LogP contribution in [0.25, 0.3) is 0 Å². The molecule has 0 unspecified atom stereocenters. The molecular weight excluding hydrogens is 278 g/mol. The van der Waals surface area contributed by atoms with Crippen LogP contribution in [-0.4, -0.2) is 12.2 Å². The van der Waals surface area contributed by atoms with Gasteiger partial charge < -0.3 is 20.3 Å². The smallest absolute Gasteiger partial charge is 0.169 e. The van der Waals surface area contributed by atoms with Gasteiger partial charge in [-0.15, -0.1) is 0 Å². The minimum Gasteiger partial charge on any atom is -0.493 e. The summed E-state index contributed by atoms with van der Waals surface area (Å²) in [6.45, 7) is 0.230. The summed E-state index contributed by atoms with van der Waals surface area (Å²) in [5.41, 5.74) is 7.18. The molecule has 106 valence electrons. The van der Waals surface area contributed by atoms with Gasteiger partial charge in [0.25, 0.3) is 0 Å². The molecule has 2 aromatic carbocycles. The van der Waals surface area contributed by atoms with Crippen LogP contribution in [0.2, 0.25) is 5.02 Å². The number of ether oxygens (including phenoxy) is 2. The fourth-order valence-corrected chi connectivity index (χ4v) is 2.09. The van der Waals surface area contributed by atoms with E-state index in [-0.39, 0.29) is 13.2 Å². The number of hydrogen-bond donors (Lipinski definition) is 2. The molecule has 5 heteroatoms. The van der Waals surface area contributed by atoms with Gasteiger partial charge in [0.15, 0.2) is 11.5 Å². The molecule has 0 spiro atoms. The Morgan fingerprint density at radius 3 is 2.60 bits per heavy atom. The maximum Gasteiger partial charge on any atom is 0.169 e. The quantitative estimate of drug-likeness (QED) is 0.889. The summed E-state index contributed by atoms with van der Waals surface area (Å²) >= 11 is 6.09. The Morgan fingerprint density at radius 1 is 1.15 bits per heavy atom. The molecule has 0 fully saturated rings. The molecule has 0 heterocycles. The van der Waals surface area contributed by atoms with E-state index in [0.717, 1.165) is 11.1 Å². The van der Waals surface area contributed by atoms with Crippen LogP contribution in [0, 0.1) is 0 Å². The third kappa shape index (κ3) is 3.04. The number of aliphatic hydroxyl groups is 1. The molecule has 2 rings (SSSR count). The molecule has 0 aliphatic rings. The number of halogens is 1. The summed E-state index contributed by atoms with van der Waals surface area (Å²) in [5, 5.41) is 9.69. The van der Waals surface area contributed by atoms with Gasteiger partial charge in [0.2, 0.25) is 0 Å². The molecule has 0 aliphatic heterocycles. The highest BCUT2D eigenvalue weighted by molar-refractivity contribution is 6.31. The van der Waals surface area contributed by atoms with Gasteiger partial charge in [-0.2, -0.15) is 0 Å². The minimum absolute atomic E-state index is 0.0537. The molecular formula is C15H16ClNO3. The molecule has 0 bridgehead atoms. The second-order valence-corrected chi connectivity index (χ2v) is 4.57. The zero-order chi connectivity index (χ0) is 14.5. The van der Waals surface area contributed by atoms with Gasteiger partial charge in [0.05, 0.1) is 13.7 Å². The lowest BCUT2D eigenvalue weighted by Crippen LogP contribution is -2.01. The van der Waals surface area contributed by atoms with Crippen LogP contribution in [0.3, 0.4) is 0 Å². The van der Waals surface area contributed by atoms with Gasteiger partial charge >= 0.3 is 0 Å². The molecule has 2 aromatic rings. The maximum atomic E-state index is 9.13. The zero-order valence-electron chi connectivity index (χ0n) is 11.1. The third-order valence-electron chi connectivity index (χ3n) is 2.91. The van der Waals surface area contributed by atoms with Crippen molar-refractivity contribution in [1.82, 2.24) is 0 Å². The summed E-state index contributed by atoms with van der Waals surface area (Å²) < 4.78 is 11.1. The first kappa shape index (κ1) is 14.7. The van der Waals surface area contributed by atoms with Crippen molar-refractivity contribution >= 4 is 11.6 Å². The maximum absolute atomic E-state index is 9.13. The normalized spacial score (nSPS) is 10.4. The van der Waals surface area contributed by atoms with Gasteiger partial charge in [-0.3, -0.25) is 0 Å². The van der Waals surface area contributed by atoms with Gasteiger partial charge in [0.1, 0.15) is 5.75 Å². The Labute approximate surface area is 122 Å². The lowest BCUT2D eigenvalue weighted by atomic mass is 10.2. The van der Waals surface area contributed by atoms with E-state index in [2.05, 4.69) is 0 Å². The first-order chi connectivity index (χ1) is 9.69. The summed E-state index contributed by atoms with van der Waals surface area (Å²) in [7, 11) is 1.55.